The summed E-state index contributed by atoms with van der Waals surface area (Å²) in [7, 11) is -2.54. The number of nitrogens with zero attached hydrogens (tertiary/aromatic N) is 3. The maximum Gasteiger partial charge on any atom is 0.300 e. The van der Waals surface area contributed by atoms with Gasteiger partial charge in [0.05, 0.1) is 11.0 Å². The highest BCUT2D eigenvalue weighted by atomic mass is 35.5. The second-order valence-electron chi connectivity index (χ2n) is 3.22. The minimum absolute atomic E-state index is 0.0160. The summed E-state index contributed by atoms with van der Waals surface area (Å²) in [5, 5.41) is 19.0. The summed E-state index contributed by atoms with van der Waals surface area (Å²) in [6.45, 7) is 0.0160. The summed E-state index contributed by atoms with van der Waals surface area (Å²) < 4.78 is 24.5. The molecule has 0 radical (unpaired) electrons. The van der Waals surface area contributed by atoms with E-state index in [1.807, 2.05) is 6.07 Å². The van der Waals surface area contributed by atoms with E-state index in [-0.39, 0.29) is 21.5 Å². The number of sulfonamides is 1. The first-order valence-corrected chi connectivity index (χ1v) is 7.21. The molecule has 0 fully saturated rings. The predicted octanol–water partition coefficient (Wildman–Crippen LogP) is 1.84. The van der Waals surface area contributed by atoms with Crippen molar-refractivity contribution < 1.29 is 13.3 Å². The van der Waals surface area contributed by atoms with Crippen LogP contribution < -0.4 is 0 Å². The SMILES string of the molecule is CN(CCC#N)S(=O)(=O)c1cc([N+](=O)[O-])c(Cl)s1. The van der Waals surface area contributed by atoms with Gasteiger partial charge < -0.3 is 0 Å². The standard InChI is InChI=1S/C8H8ClN3O4S2/c1-11(4-2-3-10)18(15,16)7-5-6(12(13)14)8(9)17-7/h5H,2,4H2,1H3. The van der Waals surface area contributed by atoms with Crippen molar-refractivity contribution in [1.82, 2.24) is 4.31 Å². The van der Waals surface area contributed by atoms with Gasteiger partial charge in [-0.1, -0.05) is 11.6 Å². The number of halogens is 1. The zero-order valence-corrected chi connectivity index (χ0v) is 11.5. The minimum atomic E-state index is -3.83. The number of rotatable bonds is 5. The quantitative estimate of drug-likeness (QED) is 0.609. The third-order valence-electron chi connectivity index (χ3n) is 2.05. The molecule has 1 rings (SSSR count). The van der Waals surface area contributed by atoms with Crippen LogP contribution in [-0.4, -0.2) is 31.2 Å². The molecule has 0 bridgehead atoms. The Bertz CT molecular complexity index is 604. The molecule has 1 aromatic heterocycles. The number of hydrogen-bond donors (Lipinski definition) is 0. The first-order valence-electron chi connectivity index (χ1n) is 4.57. The molecule has 0 saturated heterocycles. The molecule has 0 aliphatic heterocycles. The molecule has 10 heteroatoms. The molecule has 7 nitrogen and oxygen atoms in total. The van der Waals surface area contributed by atoms with Crippen molar-refractivity contribution in [2.24, 2.45) is 0 Å². The molecule has 0 amide bonds. The molecule has 18 heavy (non-hydrogen) atoms. The van der Waals surface area contributed by atoms with Crippen LogP contribution in [0.3, 0.4) is 0 Å². The van der Waals surface area contributed by atoms with E-state index in [1.54, 1.807) is 0 Å². The first-order chi connectivity index (χ1) is 8.30. The van der Waals surface area contributed by atoms with Crippen molar-refractivity contribution in [3.05, 3.63) is 20.5 Å². The predicted molar refractivity (Wildman–Crippen MR) is 66.0 cm³/mol. The van der Waals surface area contributed by atoms with Gasteiger partial charge in [-0.25, -0.2) is 8.42 Å². The van der Waals surface area contributed by atoms with Crippen molar-refractivity contribution >= 4 is 38.6 Å². The van der Waals surface area contributed by atoms with E-state index in [9.17, 15) is 18.5 Å². The van der Waals surface area contributed by atoms with Gasteiger partial charge in [-0.05, 0) is 0 Å². The average molecular weight is 310 g/mol. The lowest BCUT2D eigenvalue weighted by atomic mass is 10.5. The molecule has 0 spiro atoms. The lowest BCUT2D eigenvalue weighted by Gasteiger charge is -2.13. The van der Waals surface area contributed by atoms with Gasteiger partial charge in [-0.15, -0.1) is 11.3 Å². The van der Waals surface area contributed by atoms with Crippen LogP contribution in [-0.2, 0) is 10.0 Å². The number of nitriles is 1. The fourth-order valence-electron chi connectivity index (χ4n) is 1.07. The molecule has 0 saturated carbocycles. The van der Waals surface area contributed by atoms with Gasteiger partial charge in [0.15, 0.2) is 4.34 Å². The summed E-state index contributed by atoms with van der Waals surface area (Å²) in [5.41, 5.74) is -0.436. The summed E-state index contributed by atoms with van der Waals surface area (Å²) >= 11 is 6.22. The normalized spacial score (nSPS) is 11.4. The van der Waals surface area contributed by atoms with Crippen molar-refractivity contribution in [3.8, 4) is 6.07 Å². The summed E-state index contributed by atoms with van der Waals surface area (Å²) in [6, 6.07) is 2.74. The van der Waals surface area contributed by atoms with Gasteiger partial charge >= 0.3 is 0 Å². The first kappa shape index (κ1) is 14.8. The van der Waals surface area contributed by atoms with E-state index in [2.05, 4.69) is 0 Å². The van der Waals surface area contributed by atoms with Gasteiger partial charge in [0.2, 0.25) is 0 Å². The second-order valence-corrected chi connectivity index (χ2v) is 7.14. The highest BCUT2D eigenvalue weighted by Gasteiger charge is 2.28. The summed E-state index contributed by atoms with van der Waals surface area (Å²) in [6.07, 6.45) is 0.0386. The van der Waals surface area contributed by atoms with E-state index >= 15 is 0 Å². The Morgan fingerprint density at radius 2 is 2.28 bits per heavy atom. The minimum Gasteiger partial charge on any atom is -0.258 e. The van der Waals surface area contributed by atoms with E-state index in [0.717, 1.165) is 10.4 Å². The topological polar surface area (TPSA) is 104 Å². The van der Waals surface area contributed by atoms with E-state index in [4.69, 9.17) is 16.9 Å². The van der Waals surface area contributed by atoms with Crippen LogP contribution >= 0.6 is 22.9 Å². The highest BCUT2D eigenvalue weighted by molar-refractivity contribution is 7.91. The summed E-state index contributed by atoms with van der Waals surface area (Å²) in [4.78, 5) is 9.84. The molecule has 0 aromatic carbocycles. The van der Waals surface area contributed by atoms with Crippen molar-refractivity contribution in [2.75, 3.05) is 13.6 Å². The van der Waals surface area contributed by atoms with Gasteiger partial charge in [-0.3, -0.25) is 10.1 Å². The molecule has 0 N–H and O–H groups in total. The smallest absolute Gasteiger partial charge is 0.258 e. The molecular weight excluding hydrogens is 302 g/mol. The van der Waals surface area contributed by atoms with Crippen LogP contribution in [0.25, 0.3) is 0 Å². The molecule has 0 atom stereocenters. The third-order valence-corrected chi connectivity index (χ3v) is 5.69. The van der Waals surface area contributed by atoms with Gasteiger partial charge in [0, 0.05) is 26.1 Å². The highest BCUT2D eigenvalue weighted by Crippen LogP contribution is 2.37. The lowest BCUT2D eigenvalue weighted by Crippen LogP contribution is -2.27. The summed E-state index contributed by atoms with van der Waals surface area (Å²) in [5.74, 6) is 0. The number of nitro groups is 1. The fraction of sp³-hybridized carbons (Fsp3) is 0.375. The largest absolute Gasteiger partial charge is 0.300 e. The van der Waals surface area contributed by atoms with Gasteiger partial charge in [-0.2, -0.15) is 9.57 Å². The Labute approximate surface area is 112 Å². The molecule has 1 aromatic rings. The second kappa shape index (κ2) is 5.62. The molecule has 0 unspecified atom stereocenters. The van der Waals surface area contributed by atoms with Crippen molar-refractivity contribution in [1.29, 1.82) is 5.26 Å². The van der Waals surface area contributed by atoms with Crippen LogP contribution in [0.15, 0.2) is 10.3 Å². The Morgan fingerprint density at radius 1 is 1.67 bits per heavy atom. The van der Waals surface area contributed by atoms with E-state index in [1.165, 1.54) is 7.05 Å². The zero-order chi connectivity index (χ0) is 13.9. The van der Waals surface area contributed by atoms with E-state index in [0.29, 0.717) is 11.3 Å². The molecule has 1 heterocycles. The number of hydrogen-bond acceptors (Lipinski definition) is 6. The third kappa shape index (κ3) is 2.97. The van der Waals surface area contributed by atoms with Crippen molar-refractivity contribution in [3.63, 3.8) is 0 Å². The molecular formula is C8H8ClN3O4S2. The molecule has 98 valence electrons. The van der Waals surface area contributed by atoms with Crippen LogP contribution in [0, 0.1) is 21.4 Å². The Hall–Kier alpha value is -1.21. The molecule has 0 aliphatic rings. The van der Waals surface area contributed by atoms with Crippen LogP contribution in [0.2, 0.25) is 4.34 Å². The van der Waals surface area contributed by atoms with Crippen molar-refractivity contribution in [2.45, 2.75) is 10.6 Å². The van der Waals surface area contributed by atoms with Crippen LogP contribution in [0.5, 0.6) is 0 Å². The zero-order valence-electron chi connectivity index (χ0n) is 9.16. The lowest BCUT2D eigenvalue weighted by molar-refractivity contribution is -0.384. The van der Waals surface area contributed by atoms with Crippen LogP contribution in [0.1, 0.15) is 6.42 Å². The fourth-order valence-corrected chi connectivity index (χ4v) is 4.12. The molecule has 0 aliphatic carbocycles. The Balaban J connectivity index is 3.10. The number of thiophene rings is 1. The maximum absolute atomic E-state index is 12.0. The van der Waals surface area contributed by atoms with Crippen LogP contribution in [0.4, 0.5) is 5.69 Å². The Morgan fingerprint density at radius 3 is 2.72 bits per heavy atom. The monoisotopic (exact) mass is 309 g/mol. The Kier molecular flexibility index (Phi) is 4.64. The average Bonchev–Trinajstić information content (AvgIpc) is 2.68. The van der Waals surface area contributed by atoms with E-state index < -0.39 is 20.6 Å². The maximum atomic E-state index is 12.0. The van der Waals surface area contributed by atoms with Gasteiger partial charge in [0.25, 0.3) is 15.7 Å². The van der Waals surface area contributed by atoms with Gasteiger partial charge in [0.1, 0.15) is 4.21 Å².